The summed E-state index contributed by atoms with van der Waals surface area (Å²) in [5, 5.41) is 34.0. The molecule has 2 amide bonds. The van der Waals surface area contributed by atoms with E-state index in [1.807, 2.05) is 13.0 Å². The van der Waals surface area contributed by atoms with Crippen LogP contribution in [0.1, 0.15) is 15.9 Å². The van der Waals surface area contributed by atoms with E-state index in [1.54, 1.807) is 42.5 Å². The topological polar surface area (TPSA) is 144 Å². The maximum Gasteiger partial charge on any atom is 0.277 e. The van der Waals surface area contributed by atoms with Crippen LogP contribution in [0, 0.1) is 6.92 Å². The first-order valence-electron chi connectivity index (χ1n) is 8.87. The van der Waals surface area contributed by atoms with Crippen LogP contribution in [0.5, 0.6) is 0 Å². The second-order valence-electron chi connectivity index (χ2n) is 6.51. The molecule has 3 rings (SSSR count). The quantitative estimate of drug-likeness (QED) is 0.352. The molecule has 0 fully saturated rings. The number of aliphatic hydroxyl groups is 3. The summed E-state index contributed by atoms with van der Waals surface area (Å²) in [5.41, 5.74) is 3.14. The van der Waals surface area contributed by atoms with Crippen molar-refractivity contribution in [3.63, 3.8) is 0 Å². The molecule has 0 saturated carbocycles. The van der Waals surface area contributed by atoms with Crippen molar-refractivity contribution in [2.75, 3.05) is 6.61 Å². The fraction of sp³-hybridized carbons (Fsp3) is 0.250. The Kier molecular flexibility index (Phi) is 6.23. The highest BCUT2D eigenvalue weighted by atomic mass is 16.4. The lowest BCUT2D eigenvalue weighted by Crippen LogP contribution is -2.49. The van der Waals surface area contributed by atoms with Crippen molar-refractivity contribution in [3.05, 3.63) is 70.4 Å². The molecule has 0 aliphatic carbocycles. The minimum absolute atomic E-state index is 0.323. The van der Waals surface area contributed by atoms with Gasteiger partial charge in [0.25, 0.3) is 11.8 Å². The number of hydrogen-bond acceptors (Lipinski definition) is 7. The molecule has 0 bridgehead atoms. The van der Waals surface area contributed by atoms with Crippen LogP contribution in [0.15, 0.2) is 63.6 Å². The number of hydrazone groups is 1. The predicted molar refractivity (Wildman–Crippen MR) is 103 cm³/mol. The normalized spacial score (nSPS) is 18.1. The molecule has 1 heterocycles. The van der Waals surface area contributed by atoms with E-state index < -0.39 is 36.7 Å². The fourth-order valence-corrected chi connectivity index (χ4v) is 2.79. The summed E-state index contributed by atoms with van der Waals surface area (Å²) >= 11 is 0. The minimum Gasteiger partial charge on any atom is -0.394 e. The molecule has 1 aliphatic heterocycles. The van der Waals surface area contributed by atoms with E-state index in [9.17, 15) is 24.9 Å². The summed E-state index contributed by atoms with van der Waals surface area (Å²) < 4.78 is 0. The Bertz CT molecular complexity index is 1080. The largest absolute Gasteiger partial charge is 0.394 e. The molecular formula is C20H20N4O5. The molecule has 3 unspecified atom stereocenters. The van der Waals surface area contributed by atoms with Gasteiger partial charge < -0.3 is 15.3 Å². The lowest BCUT2D eigenvalue weighted by molar-refractivity contribution is -0.118. The first-order valence-corrected chi connectivity index (χ1v) is 8.87. The third-order valence-electron chi connectivity index (χ3n) is 4.32. The Morgan fingerprint density at radius 1 is 1.17 bits per heavy atom. The Balaban J connectivity index is 1.97. The smallest absolute Gasteiger partial charge is 0.277 e. The highest BCUT2D eigenvalue weighted by molar-refractivity contribution is 6.11. The highest BCUT2D eigenvalue weighted by Gasteiger charge is 2.34. The molecule has 29 heavy (non-hydrogen) atoms. The van der Waals surface area contributed by atoms with Gasteiger partial charge in [0.15, 0.2) is 6.04 Å². The third-order valence-corrected chi connectivity index (χ3v) is 4.32. The number of para-hydroxylation sites is 2. The number of amides is 2. The van der Waals surface area contributed by atoms with Crippen LogP contribution in [0.2, 0.25) is 0 Å². The van der Waals surface area contributed by atoms with Crippen LogP contribution in [-0.2, 0) is 4.79 Å². The molecule has 3 atom stereocenters. The van der Waals surface area contributed by atoms with Crippen molar-refractivity contribution in [1.29, 1.82) is 0 Å². The third kappa shape index (κ3) is 4.60. The molecule has 9 heteroatoms. The van der Waals surface area contributed by atoms with Crippen LogP contribution in [0.3, 0.4) is 0 Å². The van der Waals surface area contributed by atoms with E-state index in [4.69, 9.17) is 0 Å². The summed E-state index contributed by atoms with van der Waals surface area (Å²) in [6.07, 6.45) is -3.36. The van der Waals surface area contributed by atoms with E-state index in [2.05, 4.69) is 20.5 Å². The molecule has 2 aromatic carbocycles. The van der Waals surface area contributed by atoms with Gasteiger partial charge in [-0.25, -0.2) is 10.4 Å². The lowest BCUT2D eigenvalue weighted by Gasteiger charge is -2.22. The number of carbonyl (C=O) groups is 2. The summed E-state index contributed by atoms with van der Waals surface area (Å²) in [6, 6.07) is 12.1. The van der Waals surface area contributed by atoms with Gasteiger partial charge in [0.2, 0.25) is 0 Å². The summed E-state index contributed by atoms with van der Waals surface area (Å²) in [6.45, 7) is 1.05. The molecule has 9 nitrogen and oxygen atoms in total. The van der Waals surface area contributed by atoms with Crippen LogP contribution in [0.4, 0.5) is 0 Å². The Hall–Kier alpha value is -3.27. The Morgan fingerprint density at radius 2 is 1.90 bits per heavy atom. The number of aliphatic hydroxyl groups excluding tert-OH is 3. The zero-order valence-electron chi connectivity index (χ0n) is 15.6. The van der Waals surface area contributed by atoms with Gasteiger partial charge in [-0.05, 0) is 31.2 Å². The van der Waals surface area contributed by atoms with Gasteiger partial charge in [0.05, 0.1) is 17.3 Å². The standard InChI is InChI=1S/C20H20N4O5/c1-11-5-4-6-12(9-11)19(28)24-23-16(18(27)15(26)10-25)17-20(29)22-14-8-3-2-7-13(14)21-17/h2-9,15,17-18,25-27H,10H2,1H3,(H,24,28)/b23-16+. The summed E-state index contributed by atoms with van der Waals surface area (Å²) in [4.78, 5) is 33.0. The highest BCUT2D eigenvalue weighted by Crippen LogP contribution is 2.09. The second-order valence-corrected chi connectivity index (χ2v) is 6.51. The first-order chi connectivity index (χ1) is 13.9. The number of benzene rings is 2. The number of rotatable bonds is 6. The van der Waals surface area contributed by atoms with Gasteiger partial charge in [0.1, 0.15) is 17.9 Å². The van der Waals surface area contributed by atoms with Crippen molar-refractivity contribution >= 4 is 17.5 Å². The van der Waals surface area contributed by atoms with Gasteiger partial charge in [-0.1, -0.05) is 29.8 Å². The van der Waals surface area contributed by atoms with Crippen LogP contribution < -0.4 is 16.1 Å². The van der Waals surface area contributed by atoms with Crippen molar-refractivity contribution in [2.24, 2.45) is 15.1 Å². The zero-order chi connectivity index (χ0) is 21.0. The number of carbonyl (C=O) groups excluding carboxylic acids is 2. The van der Waals surface area contributed by atoms with E-state index >= 15 is 0 Å². The molecule has 150 valence electrons. The maximum absolute atomic E-state index is 12.5. The van der Waals surface area contributed by atoms with Gasteiger partial charge in [-0.2, -0.15) is 5.10 Å². The summed E-state index contributed by atoms with van der Waals surface area (Å²) in [7, 11) is 0. The number of fused-ring (bicyclic) bond motifs is 1. The fourth-order valence-electron chi connectivity index (χ4n) is 2.79. The van der Waals surface area contributed by atoms with Crippen molar-refractivity contribution in [2.45, 2.75) is 25.2 Å². The molecule has 4 N–H and O–H groups in total. The van der Waals surface area contributed by atoms with Crippen LogP contribution >= 0.6 is 0 Å². The van der Waals surface area contributed by atoms with Gasteiger partial charge >= 0.3 is 0 Å². The van der Waals surface area contributed by atoms with Crippen LogP contribution in [0.25, 0.3) is 0 Å². The molecule has 2 aromatic rings. The number of aryl methyl sites for hydroxylation is 1. The van der Waals surface area contributed by atoms with E-state index in [0.29, 0.717) is 16.3 Å². The lowest BCUT2D eigenvalue weighted by atomic mass is 10.0. The van der Waals surface area contributed by atoms with Gasteiger partial charge in [0, 0.05) is 5.56 Å². The molecule has 0 radical (unpaired) electrons. The van der Waals surface area contributed by atoms with Crippen molar-refractivity contribution < 1.29 is 24.9 Å². The minimum atomic E-state index is -1.74. The monoisotopic (exact) mass is 396 g/mol. The van der Waals surface area contributed by atoms with Gasteiger partial charge in [-0.15, -0.1) is 0 Å². The van der Waals surface area contributed by atoms with Gasteiger partial charge in [-0.3, -0.25) is 14.6 Å². The van der Waals surface area contributed by atoms with E-state index in [1.165, 1.54) is 0 Å². The first kappa shape index (κ1) is 20.5. The molecule has 0 saturated heterocycles. The number of nitrogens with one attached hydrogen (secondary N) is 1. The predicted octanol–water partition coefficient (Wildman–Crippen LogP) is -1.36. The Morgan fingerprint density at radius 3 is 2.59 bits per heavy atom. The number of nitrogens with zero attached hydrogens (tertiary/aromatic N) is 3. The molecule has 1 aliphatic rings. The number of hydrogen-bond donors (Lipinski definition) is 4. The SMILES string of the molecule is Cc1cccc(C(=O)N/N=C(\C2N=c3ccccc3=NC2=O)C(O)C(O)CO)c1. The average Bonchev–Trinajstić information content (AvgIpc) is 2.73. The second kappa shape index (κ2) is 8.82. The summed E-state index contributed by atoms with van der Waals surface area (Å²) in [5.74, 6) is -1.28. The van der Waals surface area contributed by atoms with E-state index in [-0.39, 0.29) is 5.71 Å². The molecule has 0 aromatic heterocycles. The van der Waals surface area contributed by atoms with Crippen molar-refractivity contribution in [3.8, 4) is 0 Å². The Labute approximate surface area is 165 Å². The zero-order valence-corrected chi connectivity index (χ0v) is 15.6. The average molecular weight is 396 g/mol. The maximum atomic E-state index is 12.5. The van der Waals surface area contributed by atoms with Crippen molar-refractivity contribution in [1.82, 2.24) is 5.43 Å². The molecule has 0 spiro atoms. The van der Waals surface area contributed by atoms with Crippen LogP contribution in [-0.4, -0.2) is 57.7 Å². The molecular weight excluding hydrogens is 376 g/mol. The van der Waals surface area contributed by atoms with E-state index in [0.717, 1.165) is 5.56 Å².